The quantitative estimate of drug-likeness (QED) is 0.722. The van der Waals surface area contributed by atoms with Gasteiger partial charge in [-0.15, -0.1) is 0 Å². The van der Waals surface area contributed by atoms with Gasteiger partial charge >= 0.3 is 0 Å². The third-order valence-corrected chi connectivity index (χ3v) is 3.32. The molecule has 0 saturated carbocycles. The standard InChI is InChI=1S/C15H15NO/c17-15-9-11-5-1-2-6-12(11)10-16-14-8-4-3-7-13(14)15/h1-8,15-17H,9-10H2. The Morgan fingerprint density at radius 2 is 1.65 bits per heavy atom. The normalized spacial score (nSPS) is 18.3. The Labute approximate surface area is 101 Å². The Morgan fingerprint density at radius 3 is 2.53 bits per heavy atom. The van der Waals surface area contributed by atoms with E-state index in [2.05, 4.69) is 17.4 Å². The fourth-order valence-electron chi connectivity index (χ4n) is 2.39. The van der Waals surface area contributed by atoms with Crippen molar-refractivity contribution in [3.8, 4) is 0 Å². The lowest BCUT2D eigenvalue weighted by atomic mass is 9.94. The van der Waals surface area contributed by atoms with E-state index in [9.17, 15) is 5.11 Å². The molecule has 2 aromatic rings. The van der Waals surface area contributed by atoms with E-state index >= 15 is 0 Å². The lowest BCUT2D eigenvalue weighted by Crippen LogP contribution is -2.13. The van der Waals surface area contributed by atoms with Crippen molar-refractivity contribution in [2.45, 2.75) is 19.1 Å². The number of hydrogen-bond donors (Lipinski definition) is 2. The van der Waals surface area contributed by atoms with E-state index in [-0.39, 0.29) is 0 Å². The van der Waals surface area contributed by atoms with E-state index in [0.717, 1.165) is 17.8 Å². The summed E-state index contributed by atoms with van der Waals surface area (Å²) in [7, 11) is 0. The largest absolute Gasteiger partial charge is 0.388 e. The lowest BCUT2D eigenvalue weighted by Gasteiger charge is -2.22. The second-order valence-electron chi connectivity index (χ2n) is 4.43. The number of para-hydroxylation sites is 1. The van der Waals surface area contributed by atoms with Crippen molar-refractivity contribution < 1.29 is 5.11 Å². The smallest absolute Gasteiger partial charge is 0.0850 e. The molecule has 1 atom stereocenters. The molecule has 0 aromatic heterocycles. The van der Waals surface area contributed by atoms with Gasteiger partial charge < -0.3 is 10.4 Å². The van der Waals surface area contributed by atoms with Gasteiger partial charge in [0.15, 0.2) is 0 Å². The molecular formula is C15H15NO. The van der Waals surface area contributed by atoms with Crippen LogP contribution in [0.4, 0.5) is 5.69 Å². The van der Waals surface area contributed by atoms with Gasteiger partial charge in [0, 0.05) is 24.2 Å². The molecule has 0 saturated heterocycles. The molecule has 2 N–H and O–H groups in total. The van der Waals surface area contributed by atoms with Crippen LogP contribution in [0.25, 0.3) is 0 Å². The van der Waals surface area contributed by atoms with Crippen LogP contribution in [0, 0.1) is 0 Å². The van der Waals surface area contributed by atoms with Crippen LogP contribution in [0.2, 0.25) is 0 Å². The van der Waals surface area contributed by atoms with E-state index in [0.29, 0.717) is 6.42 Å². The number of anilines is 1. The number of aliphatic hydroxyl groups excluding tert-OH is 1. The molecule has 0 spiro atoms. The second-order valence-corrected chi connectivity index (χ2v) is 4.43. The van der Waals surface area contributed by atoms with Gasteiger partial charge in [0.2, 0.25) is 0 Å². The first kappa shape index (κ1) is 10.4. The van der Waals surface area contributed by atoms with Crippen molar-refractivity contribution in [1.29, 1.82) is 0 Å². The highest BCUT2D eigenvalue weighted by atomic mass is 16.3. The lowest BCUT2D eigenvalue weighted by molar-refractivity contribution is 0.178. The minimum absolute atomic E-state index is 0.430. The van der Waals surface area contributed by atoms with E-state index in [1.807, 2.05) is 36.4 Å². The predicted octanol–water partition coefficient (Wildman–Crippen LogP) is 2.89. The maximum absolute atomic E-state index is 10.3. The highest BCUT2D eigenvalue weighted by Gasteiger charge is 2.17. The summed E-state index contributed by atoms with van der Waals surface area (Å²) in [5.41, 5.74) is 4.51. The van der Waals surface area contributed by atoms with Crippen molar-refractivity contribution in [1.82, 2.24) is 0 Å². The van der Waals surface area contributed by atoms with Crippen LogP contribution in [0.3, 0.4) is 0 Å². The molecule has 1 heterocycles. The Morgan fingerprint density at radius 1 is 0.941 bits per heavy atom. The van der Waals surface area contributed by atoms with Gasteiger partial charge in [0.1, 0.15) is 0 Å². The summed E-state index contributed by atoms with van der Waals surface area (Å²) in [6.45, 7) is 0.819. The third kappa shape index (κ3) is 1.92. The fraction of sp³-hybridized carbons (Fsp3) is 0.200. The molecular weight excluding hydrogens is 210 g/mol. The minimum Gasteiger partial charge on any atom is -0.388 e. The average Bonchev–Trinajstić information content (AvgIpc) is 2.36. The maximum atomic E-state index is 10.3. The summed E-state index contributed by atoms with van der Waals surface area (Å²) < 4.78 is 0. The molecule has 2 nitrogen and oxygen atoms in total. The molecule has 1 aliphatic rings. The molecule has 3 rings (SSSR count). The van der Waals surface area contributed by atoms with Crippen molar-refractivity contribution >= 4 is 5.69 Å². The minimum atomic E-state index is -0.430. The molecule has 1 unspecified atom stereocenters. The van der Waals surface area contributed by atoms with Crippen LogP contribution in [-0.4, -0.2) is 5.11 Å². The van der Waals surface area contributed by atoms with Gasteiger partial charge in [-0.2, -0.15) is 0 Å². The highest BCUT2D eigenvalue weighted by Crippen LogP contribution is 2.29. The SMILES string of the molecule is OC1Cc2ccccc2CNc2ccccc21. The first-order chi connectivity index (χ1) is 8.34. The van der Waals surface area contributed by atoms with Crippen molar-refractivity contribution in [2.24, 2.45) is 0 Å². The van der Waals surface area contributed by atoms with Crippen LogP contribution in [0.5, 0.6) is 0 Å². The van der Waals surface area contributed by atoms with E-state index in [4.69, 9.17) is 0 Å². The number of benzene rings is 2. The maximum Gasteiger partial charge on any atom is 0.0850 e. The third-order valence-electron chi connectivity index (χ3n) is 3.32. The van der Waals surface area contributed by atoms with Crippen molar-refractivity contribution in [3.05, 3.63) is 65.2 Å². The topological polar surface area (TPSA) is 32.3 Å². The molecule has 17 heavy (non-hydrogen) atoms. The molecule has 0 radical (unpaired) electrons. The van der Waals surface area contributed by atoms with Gasteiger partial charge in [0.25, 0.3) is 0 Å². The van der Waals surface area contributed by atoms with E-state index in [1.165, 1.54) is 11.1 Å². The Balaban J connectivity index is 2.03. The molecule has 0 bridgehead atoms. The fourth-order valence-corrected chi connectivity index (χ4v) is 2.39. The zero-order valence-electron chi connectivity index (χ0n) is 9.56. The first-order valence-electron chi connectivity index (χ1n) is 5.92. The number of rotatable bonds is 0. The molecule has 2 heteroatoms. The van der Waals surface area contributed by atoms with Crippen LogP contribution >= 0.6 is 0 Å². The molecule has 2 aromatic carbocycles. The zero-order valence-corrected chi connectivity index (χ0v) is 9.56. The number of fused-ring (bicyclic) bond motifs is 2. The summed E-state index contributed by atoms with van der Waals surface area (Å²) in [6, 6.07) is 16.2. The Bertz CT molecular complexity index is 536. The Kier molecular flexibility index (Phi) is 2.57. The summed E-state index contributed by atoms with van der Waals surface area (Å²) in [5, 5.41) is 13.7. The summed E-state index contributed by atoms with van der Waals surface area (Å²) in [4.78, 5) is 0. The molecule has 0 amide bonds. The van der Waals surface area contributed by atoms with Gasteiger partial charge in [-0.25, -0.2) is 0 Å². The van der Waals surface area contributed by atoms with Crippen molar-refractivity contribution in [3.63, 3.8) is 0 Å². The highest BCUT2D eigenvalue weighted by molar-refractivity contribution is 5.54. The molecule has 0 fully saturated rings. The van der Waals surface area contributed by atoms with Gasteiger partial charge in [-0.05, 0) is 17.2 Å². The summed E-state index contributed by atoms with van der Waals surface area (Å²) in [6.07, 6.45) is 0.259. The molecule has 86 valence electrons. The first-order valence-corrected chi connectivity index (χ1v) is 5.92. The van der Waals surface area contributed by atoms with Crippen LogP contribution in [-0.2, 0) is 13.0 Å². The summed E-state index contributed by atoms with van der Waals surface area (Å²) >= 11 is 0. The summed E-state index contributed by atoms with van der Waals surface area (Å²) in [5.74, 6) is 0. The number of nitrogens with one attached hydrogen (secondary N) is 1. The number of hydrogen-bond acceptors (Lipinski definition) is 2. The monoisotopic (exact) mass is 225 g/mol. The van der Waals surface area contributed by atoms with Gasteiger partial charge in [0.05, 0.1) is 6.10 Å². The number of aliphatic hydroxyl groups is 1. The van der Waals surface area contributed by atoms with Crippen LogP contribution < -0.4 is 5.32 Å². The van der Waals surface area contributed by atoms with Gasteiger partial charge in [-0.1, -0.05) is 42.5 Å². The van der Waals surface area contributed by atoms with Gasteiger partial charge in [-0.3, -0.25) is 0 Å². The van der Waals surface area contributed by atoms with Crippen molar-refractivity contribution in [2.75, 3.05) is 5.32 Å². The second kappa shape index (κ2) is 4.22. The van der Waals surface area contributed by atoms with Crippen LogP contribution in [0.15, 0.2) is 48.5 Å². The average molecular weight is 225 g/mol. The van der Waals surface area contributed by atoms with E-state index in [1.54, 1.807) is 0 Å². The Hall–Kier alpha value is -1.80. The van der Waals surface area contributed by atoms with E-state index < -0.39 is 6.10 Å². The molecule has 1 aliphatic heterocycles. The molecule has 0 aliphatic carbocycles. The van der Waals surface area contributed by atoms with Crippen LogP contribution in [0.1, 0.15) is 22.8 Å². The zero-order chi connectivity index (χ0) is 11.7. The predicted molar refractivity (Wildman–Crippen MR) is 68.9 cm³/mol.